The lowest BCUT2D eigenvalue weighted by Gasteiger charge is -2.05. The number of unbranched alkanes of at least 4 members (excludes halogenated alkanes) is 12. The lowest BCUT2D eigenvalue weighted by molar-refractivity contribution is 0.0383. The molecule has 0 unspecified atom stereocenters. The molecule has 0 aliphatic rings. The highest BCUT2D eigenvalue weighted by Crippen LogP contribution is 2.12. The number of hydrogen-bond donors (Lipinski definition) is 2. The molecule has 22 heavy (non-hydrogen) atoms. The summed E-state index contributed by atoms with van der Waals surface area (Å²) in [5.41, 5.74) is 0. The van der Waals surface area contributed by atoms with E-state index in [2.05, 4.69) is 6.92 Å². The van der Waals surface area contributed by atoms with Gasteiger partial charge in [0.25, 0.3) is 0 Å². The Morgan fingerprint density at radius 2 is 1.32 bits per heavy atom. The van der Waals surface area contributed by atoms with Gasteiger partial charge in [-0.2, -0.15) is 0 Å². The molecule has 2 N–H and O–H groups in total. The highest BCUT2D eigenvalue weighted by molar-refractivity contribution is 4.73. The molecule has 0 aromatic heterocycles. The molecule has 3 heteroatoms. The maximum atomic E-state index is 9.06. The molecule has 0 radical (unpaired) electrons. The van der Waals surface area contributed by atoms with Gasteiger partial charge in [-0.1, -0.05) is 77.6 Å². The van der Waals surface area contributed by atoms with Crippen LogP contribution in [0.15, 0.2) is 12.3 Å². The number of rotatable bonds is 17. The van der Waals surface area contributed by atoms with Gasteiger partial charge in [0.2, 0.25) is 0 Å². The summed E-state index contributed by atoms with van der Waals surface area (Å²) in [5, 5.41) is 17.7. The molecule has 132 valence electrons. The lowest BCUT2D eigenvalue weighted by Crippen LogP contribution is -2.17. The summed E-state index contributed by atoms with van der Waals surface area (Å²) < 4.78 is 5.10. The van der Waals surface area contributed by atoms with Crippen LogP contribution in [0.5, 0.6) is 0 Å². The first-order chi connectivity index (χ1) is 10.8. The van der Waals surface area contributed by atoms with E-state index in [1.807, 2.05) is 6.08 Å². The molecule has 0 aromatic rings. The molecule has 0 aliphatic carbocycles. The van der Waals surface area contributed by atoms with E-state index < -0.39 is 6.10 Å². The highest BCUT2D eigenvalue weighted by atomic mass is 16.5. The quantitative estimate of drug-likeness (QED) is 0.295. The van der Waals surface area contributed by atoms with Crippen molar-refractivity contribution >= 4 is 0 Å². The maximum Gasteiger partial charge on any atom is 0.115 e. The van der Waals surface area contributed by atoms with E-state index in [4.69, 9.17) is 14.9 Å². The third-order valence-electron chi connectivity index (χ3n) is 3.92. The first kappa shape index (κ1) is 21.5. The molecule has 0 heterocycles. The van der Waals surface area contributed by atoms with Crippen molar-refractivity contribution in [2.24, 2.45) is 0 Å². The molecule has 0 rings (SSSR count). The van der Waals surface area contributed by atoms with Crippen molar-refractivity contribution in [2.75, 3.05) is 13.2 Å². The summed E-state index contributed by atoms with van der Waals surface area (Å²) >= 11 is 0. The number of aliphatic hydroxyl groups excluding tert-OH is 2. The first-order valence-electron chi connectivity index (χ1n) is 9.36. The van der Waals surface area contributed by atoms with Gasteiger partial charge in [0, 0.05) is 0 Å². The van der Waals surface area contributed by atoms with Crippen LogP contribution in [0.1, 0.15) is 90.4 Å². The Morgan fingerprint density at radius 3 is 1.82 bits per heavy atom. The number of aliphatic hydroxyl groups is 2. The van der Waals surface area contributed by atoms with Gasteiger partial charge in [0.1, 0.15) is 12.7 Å². The van der Waals surface area contributed by atoms with Crippen molar-refractivity contribution in [1.29, 1.82) is 0 Å². The smallest absolute Gasteiger partial charge is 0.115 e. The van der Waals surface area contributed by atoms with E-state index in [1.54, 1.807) is 6.26 Å². The van der Waals surface area contributed by atoms with Crippen molar-refractivity contribution in [2.45, 2.75) is 96.5 Å². The van der Waals surface area contributed by atoms with Crippen molar-refractivity contribution < 1.29 is 14.9 Å². The van der Waals surface area contributed by atoms with Gasteiger partial charge in [-0.3, -0.25) is 0 Å². The van der Waals surface area contributed by atoms with Crippen LogP contribution in [-0.4, -0.2) is 29.5 Å². The maximum absolute atomic E-state index is 9.06. The van der Waals surface area contributed by atoms with Crippen molar-refractivity contribution in [3.63, 3.8) is 0 Å². The summed E-state index contributed by atoms with van der Waals surface area (Å²) in [4.78, 5) is 0. The minimum Gasteiger partial charge on any atom is -0.499 e. The van der Waals surface area contributed by atoms with E-state index in [9.17, 15) is 0 Å². The molecule has 0 saturated heterocycles. The zero-order chi connectivity index (χ0) is 16.3. The van der Waals surface area contributed by atoms with Crippen LogP contribution in [0.4, 0.5) is 0 Å². The Morgan fingerprint density at radius 1 is 0.818 bits per heavy atom. The Hall–Kier alpha value is -0.540. The largest absolute Gasteiger partial charge is 0.499 e. The third kappa shape index (κ3) is 17.5. The van der Waals surface area contributed by atoms with E-state index in [1.165, 1.54) is 77.0 Å². The van der Waals surface area contributed by atoms with Gasteiger partial charge in [-0.25, -0.2) is 0 Å². The first-order valence-corrected chi connectivity index (χ1v) is 9.36. The number of hydrogen-bond acceptors (Lipinski definition) is 3. The summed E-state index contributed by atoms with van der Waals surface area (Å²) in [7, 11) is 0. The number of allylic oxidation sites excluding steroid dienone is 1. The topological polar surface area (TPSA) is 49.7 Å². The summed E-state index contributed by atoms with van der Waals surface area (Å²) in [6.07, 6.45) is 20.4. The van der Waals surface area contributed by atoms with Crippen LogP contribution < -0.4 is 0 Å². The summed E-state index contributed by atoms with van der Waals surface area (Å²) in [6.45, 7) is 2.20. The number of ether oxygens (including phenoxy) is 1. The lowest BCUT2D eigenvalue weighted by atomic mass is 10.0. The average Bonchev–Trinajstić information content (AvgIpc) is 2.54. The van der Waals surface area contributed by atoms with Crippen molar-refractivity contribution in [3.8, 4) is 0 Å². The van der Waals surface area contributed by atoms with E-state index in [-0.39, 0.29) is 13.2 Å². The fourth-order valence-electron chi connectivity index (χ4n) is 2.46. The Labute approximate surface area is 137 Å². The van der Waals surface area contributed by atoms with E-state index in [0.717, 1.165) is 6.42 Å². The second-order valence-corrected chi connectivity index (χ2v) is 6.22. The zero-order valence-electron chi connectivity index (χ0n) is 14.6. The Kier molecular flexibility index (Phi) is 18.1. The fourth-order valence-corrected chi connectivity index (χ4v) is 2.46. The molecule has 0 aromatic carbocycles. The van der Waals surface area contributed by atoms with Gasteiger partial charge in [0.15, 0.2) is 0 Å². The monoisotopic (exact) mass is 314 g/mol. The second kappa shape index (κ2) is 18.5. The molecule has 1 atom stereocenters. The zero-order valence-corrected chi connectivity index (χ0v) is 14.6. The van der Waals surface area contributed by atoms with E-state index >= 15 is 0 Å². The molecular formula is C19H38O3. The van der Waals surface area contributed by atoms with Gasteiger partial charge in [-0.15, -0.1) is 0 Å². The fraction of sp³-hybridized carbons (Fsp3) is 0.895. The van der Waals surface area contributed by atoms with Crippen LogP contribution in [-0.2, 0) is 4.74 Å². The molecular weight excluding hydrogens is 276 g/mol. The van der Waals surface area contributed by atoms with Gasteiger partial charge in [0.05, 0.1) is 12.9 Å². The molecule has 0 amide bonds. The second-order valence-electron chi connectivity index (χ2n) is 6.22. The standard InChI is InChI=1S/C19H38O3/c1-2-3-4-5-6-7-8-9-10-11-12-13-14-15-16-22-18-19(21)17-20/h15-16,19-21H,2-14,17-18H2,1H3/t19-/m0/s1. The molecule has 0 fully saturated rings. The van der Waals surface area contributed by atoms with Gasteiger partial charge in [-0.05, 0) is 18.9 Å². The van der Waals surface area contributed by atoms with E-state index in [0.29, 0.717) is 0 Å². The van der Waals surface area contributed by atoms with Gasteiger partial charge >= 0.3 is 0 Å². The predicted molar refractivity (Wildman–Crippen MR) is 93.9 cm³/mol. The molecule has 0 aliphatic heterocycles. The predicted octanol–water partition coefficient (Wildman–Crippen LogP) is 4.96. The summed E-state index contributed by atoms with van der Waals surface area (Å²) in [6, 6.07) is 0. The van der Waals surface area contributed by atoms with Crippen LogP contribution >= 0.6 is 0 Å². The van der Waals surface area contributed by atoms with Crippen LogP contribution in [0.3, 0.4) is 0 Å². The van der Waals surface area contributed by atoms with Crippen molar-refractivity contribution in [3.05, 3.63) is 12.3 Å². The minimum absolute atomic E-state index is 0.172. The van der Waals surface area contributed by atoms with Crippen LogP contribution in [0.25, 0.3) is 0 Å². The summed E-state index contributed by atoms with van der Waals surface area (Å²) in [5.74, 6) is 0. The molecule has 0 spiro atoms. The molecule has 0 saturated carbocycles. The average molecular weight is 315 g/mol. The highest BCUT2D eigenvalue weighted by Gasteiger charge is 1.98. The normalized spacial score (nSPS) is 12.9. The van der Waals surface area contributed by atoms with Gasteiger partial charge < -0.3 is 14.9 Å². The SMILES string of the molecule is CCCCCCCCCCCCCCC=COC[C@@H](O)CO. The third-order valence-corrected chi connectivity index (χ3v) is 3.92. The Bertz CT molecular complexity index is 229. The van der Waals surface area contributed by atoms with Crippen LogP contribution in [0.2, 0.25) is 0 Å². The molecule has 0 bridgehead atoms. The van der Waals surface area contributed by atoms with Crippen molar-refractivity contribution in [1.82, 2.24) is 0 Å². The van der Waals surface area contributed by atoms with Crippen LogP contribution in [0, 0.1) is 0 Å². The minimum atomic E-state index is -0.767. The molecule has 3 nitrogen and oxygen atoms in total. The Balaban J connectivity index is 3.06.